The average molecular weight is 739 g/mol. The zero-order valence-electron chi connectivity index (χ0n) is 29.7. The molecule has 0 aromatic heterocycles. The highest BCUT2D eigenvalue weighted by molar-refractivity contribution is 7.90. The second-order valence-corrected chi connectivity index (χ2v) is 17.6. The number of ether oxygens (including phenoxy) is 2. The van der Waals surface area contributed by atoms with E-state index in [0.717, 1.165) is 62.5 Å². The first-order valence-corrected chi connectivity index (χ1v) is 20.5. The molecule has 14 heteroatoms. The Morgan fingerprint density at radius 3 is 2.48 bits per heavy atom. The number of carbonyl (C=O) groups is 5. The van der Waals surface area contributed by atoms with Gasteiger partial charge in [-0.2, -0.15) is 0 Å². The van der Waals surface area contributed by atoms with E-state index in [4.69, 9.17) is 9.47 Å². The molecule has 0 unspecified atom stereocenters. The standard InChI is InChI=1S/C38H50N4O9S/c1-2-27-19-38(27,35(45)40-52(48,49)29-15-16-29)20-32(43)31-18-28-22-42(31)34(44)33(25-11-5-3-6-12-25)39-36(46)50-17-8-4-7-10-24-13-9-14-26-21-41(23-30(24)26)37(47)51-28/h2,9,13-14,25,27-29,31,33H,1,3-8,10-12,15-23H2,(H,39,46)(H,40,45)/t27-,28-,31+,33+,38-/m1/s1. The highest BCUT2D eigenvalue weighted by atomic mass is 32.2. The van der Waals surface area contributed by atoms with E-state index >= 15 is 0 Å². The summed E-state index contributed by atoms with van der Waals surface area (Å²) in [5, 5.41) is 2.23. The monoisotopic (exact) mass is 738 g/mol. The smallest absolute Gasteiger partial charge is 0.410 e. The third-order valence-corrected chi connectivity index (χ3v) is 13.9. The summed E-state index contributed by atoms with van der Waals surface area (Å²) in [6.45, 7) is 4.75. The lowest BCUT2D eigenvalue weighted by Crippen LogP contribution is -2.55. The Balaban J connectivity index is 1.16. The SMILES string of the molecule is C=C[C@@H]1C[C@]1(CC(=O)[C@@H]1C[C@@H]2CN1C(=O)[C@H](C1CCCCC1)NC(=O)OCCCCCc1cccc3c1CN(C3)C(=O)O2)C(=O)NS(=O)(=O)C1CC1. The minimum atomic E-state index is -3.86. The Kier molecular flexibility index (Phi) is 10.4. The van der Waals surface area contributed by atoms with Crippen LogP contribution in [0, 0.1) is 17.3 Å². The van der Waals surface area contributed by atoms with Gasteiger partial charge in [0.15, 0.2) is 5.78 Å². The van der Waals surface area contributed by atoms with Crippen LogP contribution in [0.2, 0.25) is 0 Å². The van der Waals surface area contributed by atoms with Gasteiger partial charge in [0.25, 0.3) is 0 Å². The number of hydrogen-bond acceptors (Lipinski definition) is 9. The Bertz CT molecular complexity index is 1720. The molecule has 1 aromatic carbocycles. The molecule has 52 heavy (non-hydrogen) atoms. The van der Waals surface area contributed by atoms with Crippen LogP contribution in [0.3, 0.4) is 0 Å². The molecule has 3 aliphatic carbocycles. The first-order valence-electron chi connectivity index (χ1n) is 19.0. The van der Waals surface area contributed by atoms with Gasteiger partial charge in [-0.3, -0.25) is 24.0 Å². The van der Waals surface area contributed by atoms with Crippen molar-refractivity contribution in [3.8, 4) is 0 Å². The number of fused-ring (bicyclic) bond motifs is 3. The van der Waals surface area contributed by atoms with E-state index in [0.29, 0.717) is 32.4 Å². The maximum Gasteiger partial charge on any atom is 0.410 e. The summed E-state index contributed by atoms with van der Waals surface area (Å²) in [7, 11) is -3.86. The number of rotatable bonds is 8. The van der Waals surface area contributed by atoms with Crippen LogP contribution in [0.1, 0.15) is 100 Å². The molecule has 3 heterocycles. The van der Waals surface area contributed by atoms with Crippen molar-refractivity contribution >= 4 is 39.8 Å². The molecule has 4 amide bonds. The summed E-state index contributed by atoms with van der Waals surface area (Å²) in [6, 6.07) is 4.07. The predicted octanol–water partition coefficient (Wildman–Crippen LogP) is 4.27. The van der Waals surface area contributed by atoms with Crippen molar-refractivity contribution in [2.24, 2.45) is 17.3 Å². The van der Waals surface area contributed by atoms with Crippen molar-refractivity contribution < 1.29 is 41.9 Å². The Morgan fingerprint density at radius 2 is 1.75 bits per heavy atom. The van der Waals surface area contributed by atoms with E-state index in [1.54, 1.807) is 11.0 Å². The summed E-state index contributed by atoms with van der Waals surface area (Å²) in [6.07, 6.45) is 7.94. The second kappa shape index (κ2) is 14.8. The molecule has 4 bridgehead atoms. The zero-order chi connectivity index (χ0) is 36.6. The van der Waals surface area contributed by atoms with Crippen LogP contribution in [0.15, 0.2) is 30.9 Å². The van der Waals surface area contributed by atoms with Crippen LogP contribution in [0.25, 0.3) is 0 Å². The number of sulfonamides is 1. The Morgan fingerprint density at radius 1 is 1.00 bits per heavy atom. The van der Waals surface area contributed by atoms with Crippen LogP contribution in [-0.4, -0.2) is 84.6 Å². The molecular formula is C38H50N4O9S. The van der Waals surface area contributed by atoms with E-state index < -0.39 is 74.6 Å². The number of Topliss-reactive ketones (excluding diaryl/α,β-unsaturated/α-hetero) is 1. The topological polar surface area (TPSA) is 168 Å². The molecule has 3 saturated carbocycles. The summed E-state index contributed by atoms with van der Waals surface area (Å²) in [5.41, 5.74) is 2.03. The lowest BCUT2D eigenvalue weighted by atomic mass is 9.83. The van der Waals surface area contributed by atoms with Gasteiger partial charge in [-0.15, -0.1) is 6.58 Å². The number of amides is 4. The summed E-state index contributed by atoms with van der Waals surface area (Å²) in [4.78, 5) is 72.3. The molecule has 2 N–H and O–H groups in total. The van der Waals surface area contributed by atoms with Crippen LogP contribution in [-0.2, 0) is 53.4 Å². The normalized spacial score (nSPS) is 30.3. The van der Waals surface area contributed by atoms with E-state index in [-0.39, 0.29) is 38.3 Å². The third kappa shape index (κ3) is 7.58. The average Bonchev–Trinajstić information content (AvgIpc) is 4.02. The first-order chi connectivity index (χ1) is 25.0. The van der Waals surface area contributed by atoms with E-state index in [2.05, 4.69) is 22.7 Å². The second-order valence-electron chi connectivity index (χ2n) is 15.6. The zero-order valence-corrected chi connectivity index (χ0v) is 30.5. The van der Waals surface area contributed by atoms with E-state index in [9.17, 15) is 32.4 Å². The van der Waals surface area contributed by atoms with E-state index in [1.807, 2.05) is 12.1 Å². The van der Waals surface area contributed by atoms with Crippen molar-refractivity contribution in [2.75, 3.05) is 13.2 Å². The molecule has 0 radical (unpaired) electrons. The molecule has 5 atom stereocenters. The van der Waals surface area contributed by atoms with Crippen molar-refractivity contribution in [1.29, 1.82) is 0 Å². The Hall–Kier alpha value is -3.94. The van der Waals surface area contributed by atoms with Crippen molar-refractivity contribution in [3.05, 3.63) is 47.5 Å². The number of carbonyl (C=O) groups excluding carboxylic acids is 5. The van der Waals surface area contributed by atoms with Crippen LogP contribution >= 0.6 is 0 Å². The number of alkyl carbamates (subject to hydrolysis) is 1. The number of hydrogen-bond donors (Lipinski definition) is 2. The van der Waals surface area contributed by atoms with Gasteiger partial charge in [0, 0.05) is 25.9 Å². The number of cyclic esters (lactones) is 1. The van der Waals surface area contributed by atoms with Gasteiger partial charge in [0.2, 0.25) is 21.8 Å². The van der Waals surface area contributed by atoms with Gasteiger partial charge >= 0.3 is 12.2 Å². The number of benzene rings is 1. The maximum absolute atomic E-state index is 14.6. The molecule has 1 saturated heterocycles. The predicted molar refractivity (Wildman–Crippen MR) is 189 cm³/mol. The fourth-order valence-corrected chi connectivity index (χ4v) is 10.2. The molecule has 6 aliphatic rings. The maximum atomic E-state index is 14.6. The minimum absolute atomic E-state index is 0.0149. The van der Waals surface area contributed by atoms with Crippen molar-refractivity contribution in [1.82, 2.24) is 19.8 Å². The number of nitrogens with one attached hydrogen (secondary N) is 2. The highest BCUT2D eigenvalue weighted by Crippen LogP contribution is 2.57. The molecule has 3 aliphatic heterocycles. The fourth-order valence-electron chi connectivity index (χ4n) is 8.77. The van der Waals surface area contributed by atoms with Crippen molar-refractivity contribution in [2.45, 2.75) is 126 Å². The molecule has 4 fully saturated rings. The molecule has 13 nitrogen and oxygen atoms in total. The molecule has 0 spiro atoms. The molecule has 1 aromatic rings. The first kappa shape index (κ1) is 36.4. The highest BCUT2D eigenvalue weighted by Gasteiger charge is 2.61. The van der Waals surface area contributed by atoms with Gasteiger partial charge in [0.1, 0.15) is 12.1 Å². The Labute approximate surface area is 305 Å². The number of allylic oxidation sites excluding steroid dienone is 1. The lowest BCUT2D eigenvalue weighted by molar-refractivity contribution is -0.141. The van der Waals surface area contributed by atoms with Gasteiger partial charge in [0.05, 0.1) is 29.9 Å². The van der Waals surface area contributed by atoms with E-state index in [1.165, 1.54) is 10.5 Å². The lowest BCUT2D eigenvalue weighted by Gasteiger charge is -2.34. The van der Waals surface area contributed by atoms with Crippen molar-refractivity contribution in [3.63, 3.8) is 0 Å². The van der Waals surface area contributed by atoms with Gasteiger partial charge < -0.3 is 19.7 Å². The number of aryl methyl sites for hydroxylation is 1. The summed E-state index contributed by atoms with van der Waals surface area (Å²) < 4.78 is 39.2. The van der Waals surface area contributed by atoms with Gasteiger partial charge in [-0.05, 0) is 86.3 Å². The van der Waals surface area contributed by atoms with Crippen LogP contribution < -0.4 is 10.0 Å². The fraction of sp³-hybridized carbons (Fsp3) is 0.658. The quantitative estimate of drug-likeness (QED) is 0.370. The third-order valence-electron chi connectivity index (χ3n) is 12.1. The summed E-state index contributed by atoms with van der Waals surface area (Å²) in [5.74, 6) is -2.20. The van der Waals surface area contributed by atoms with Gasteiger partial charge in [-0.25, -0.2) is 18.0 Å². The number of nitrogens with zero attached hydrogens (tertiary/aromatic N) is 2. The van der Waals surface area contributed by atoms with Gasteiger partial charge in [-0.1, -0.05) is 43.5 Å². The largest absolute Gasteiger partial charge is 0.450 e. The molecular weight excluding hydrogens is 689 g/mol. The summed E-state index contributed by atoms with van der Waals surface area (Å²) >= 11 is 0. The van der Waals surface area contributed by atoms with Crippen LogP contribution in [0.5, 0.6) is 0 Å². The minimum Gasteiger partial charge on any atom is -0.450 e. The number of ketones is 1. The van der Waals surface area contributed by atoms with Crippen LogP contribution in [0.4, 0.5) is 9.59 Å². The molecule has 7 rings (SSSR count). The molecule has 282 valence electrons.